The van der Waals surface area contributed by atoms with Gasteiger partial charge in [0.15, 0.2) is 5.82 Å². The quantitative estimate of drug-likeness (QED) is 0.361. The lowest BCUT2D eigenvalue weighted by Crippen LogP contribution is -2.16. The molecule has 0 radical (unpaired) electrons. The molecular weight excluding hydrogens is 422 g/mol. The number of pyridine rings is 1. The van der Waals surface area contributed by atoms with Gasteiger partial charge in [-0.3, -0.25) is 9.59 Å². The van der Waals surface area contributed by atoms with E-state index in [2.05, 4.69) is 15.3 Å². The molecule has 2 aromatic heterocycles. The molecule has 6 nitrogen and oxygen atoms in total. The standard InChI is InChI=1S/C22H16F2N4O2S/c1-28-10-9-25-22(28)21(30)14-11-19(26-17-8-3-2-5-13(14)17)31-12-18(29)27-20-15(23)6-4-7-16(20)24/h2-11H,12H2,1H3,(H,27,29). The Labute approximate surface area is 180 Å². The molecule has 4 aromatic rings. The van der Waals surface area contributed by atoms with Crippen molar-refractivity contribution < 1.29 is 18.4 Å². The summed E-state index contributed by atoms with van der Waals surface area (Å²) in [6, 6.07) is 12.1. The maximum atomic E-state index is 13.7. The number of nitrogens with zero attached hydrogens (tertiary/aromatic N) is 3. The number of carbonyl (C=O) groups is 2. The van der Waals surface area contributed by atoms with Crippen LogP contribution in [0.4, 0.5) is 14.5 Å². The normalized spacial score (nSPS) is 10.9. The van der Waals surface area contributed by atoms with Gasteiger partial charge >= 0.3 is 0 Å². The van der Waals surface area contributed by atoms with Crippen LogP contribution in [0, 0.1) is 11.6 Å². The highest BCUT2D eigenvalue weighted by Crippen LogP contribution is 2.26. The topological polar surface area (TPSA) is 76.9 Å². The van der Waals surface area contributed by atoms with Crippen molar-refractivity contribution in [2.75, 3.05) is 11.1 Å². The minimum Gasteiger partial charge on any atom is -0.331 e. The first kappa shape index (κ1) is 20.7. The van der Waals surface area contributed by atoms with E-state index in [0.29, 0.717) is 21.5 Å². The molecular formula is C22H16F2N4O2S. The highest BCUT2D eigenvalue weighted by atomic mass is 32.2. The van der Waals surface area contributed by atoms with Crippen LogP contribution in [0.3, 0.4) is 0 Å². The van der Waals surface area contributed by atoms with Crippen molar-refractivity contribution >= 4 is 40.0 Å². The number of hydrogen-bond donors (Lipinski definition) is 1. The lowest BCUT2D eigenvalue weighted by atomic mass is 10.1. The summed E-state index contributed by atoms with van der Waals surface area (Å²) in [6.45, 7) is 0. The molecule has 0 saturated heterocycles. The minimum atomic E-state index is -0.856. The van der Waals surface area contributed by atoms with Gasteiger partial charge < -0.3 is 9.88 Å². The molecule has 0 atom stereocenters. The van der Waals surface area contributed by atoms with Gasteiger partial charge in [-0.25, -0.2) is 18.7 Å². The van der Waals surface area contributed by atoms with E-state index < -0.39 is 23.2 Å². The fourth-order valence-electron chi connectivity index (χ4n) is 3.05. The maximum Gasteiger partial charge on any atom is 0.234 e. The van der Waals surface area contributed by atoms with E-state index in [1.165, 1.54) is 6.07 Å². The van der Waals surface area contributed by atoms with Crippen molar-refractivity contribution in [3.63, 3.8) is 0 Å². The van der Waals surface area contributed by atoms with Crippen LogP contribution in [0.25, 0.3) is 10.9 Å². The first-order chi connectivity index (χ1) is 14.9. The van der Waals surface area contributed by atoms with Crippen molar-refractivity contribution in [1.82, 2.24) is 14.5 Å². The van der Waals surface area contributed by atoms with Crippen molar-refractivity contribution in [2.24, 2.45) is 7.05 Å². The molecule has 0 bridgehead atoms. The summed E-state index contributed by atoms with van der Waals surface area (Å²) < 4.78 is 29.1. The van der Waals surface area contributed by atoms with Crippen molar-refractivity contribution in [2.45, 2.75) is 5.03 Å². The smallest absolute Gasteiger partial charge is 0.234 e. The van der Waals surface area contributed by atoms with E-state index >= 15 is 0 Å². The zero-order chi connectivity index (χ0) is 22.0. The number of aromatic nitrogens is 3. The number of amides is 1. The summed E-state index contributed by atoms with van der Waals surface area (Å²) in [7, 11) is 1.73. The van der Waals surface area contributed by atoms with Crippen LogP contribution in [0.5, 0.6) is 0 Å². The van der Waals surface area contributed by atoms with Crippen molar-refractivity contribution in [3.8, 4) is 0 Å². The molecule has 9 heteroatoms. The third-order valence-corrected chi connectivity index (χ3v) is 5.45. The number of hydrogen-bond acceptors (Lipinski definition) is 5. The number of imidazole rings is 1. The van der Waals surface area contributed by atoms with E-state index in [1.54, 1.807) is 48.3 Å². The van der Waals surface area contributed by atoms with Gasteiger partial charge in [-0.2, -0.15) is 0 Å². The van der Waals surface area contributed by atoms with Crippen LogP contribution >= 0.6 is 11.8 Å². The van der Waals surface area contributed by atoms with E-state index in [0.717, 1.165) is 23.9 Å². The van der Waals surface area contributed by atoms with Gasteiger partial charge in [-0.05, 0) is 24.3 Å². The minimum absolute atomic E-state index is 0.144. The SMILES string of the molecule is Cn1ccnc1C(=O)c1cc(SCC(=O)Nc2c(F)cccc2F)nc2ccccc12. The number of nitrogens with one attached hydrogen (secondary N) is 1. The highest BCUT2D eigenvalue weighted by Gasteiger charge is 2.19. The molecule has 156 valence electrons. The molecule has 0 aliphatic heterocycles. The van der Waals surface area contributed by atoms with Crippen molar-refractivity contribution in [1.29, 1.82) is 0 Å². The molecule has 4 rings (SSSR count). The van der Waals surface area contributed by atoms with Crippen LogP contribution in [0.15, 0.2) is 66.0 Å². The number of anilines is 1. The van der Waals surface area contributed by atoms with Crippen LogP contribution in [-0.2, 0) is 11.8 Å². The second-order valence-electron chi connectivity index (χ2n) is 6.65. The van der Waals surface area contributed by atoms with Crippen molar-refractivity contribution in [3.05, 3.63) is 83.9 Å². The monoisotopic (exact) mass is 438 g/mol. The summed E-state index contributed by atoms with van der Waals surface area (Å²) in [5.41, 5.74) is 0.499. The van der Waals surface area contributed by atoms with Gasteiger partial charge in [0.1, 0.15) is 17.3 Å². The molecule has 0 spiro atoms. The van der Waals surface area contributed by atoms with Gasteiger partial charge in [-0.15, -0.1) is 0 Å². The number of rotatable bonds is 6. The van der Waals surface area contributed by atoms with Crippen LogP contribution in [0.2, 0.25) is 0 Å². The summed E-state index contributed by atoms with van der Waals surface area (Å²) in [6.07, 6.45) is 3.22. The largest absolute Gasteiger partial charge is 0.331 e. The Morgan fingerprint density at radius 2 is 1.84 bits per heavy atom. The van der Waals surface area contributed by atoms with E-state index in [1.807, 2.05) is 6.07 Å². The molecule has 31 heavy (non-hydrogen) atoms. The van der Waals surface area contributed by atoms with Crippen LogP contribution in [-0.4, -0.2) is 32.0 Å². The number of halogens is 2. The Hall–Kier alpha value is -3.59. The summed E-state index contributed by atoms with van der Waals surface area (Å²) in [5.74, 6) is -2.45. The molecule has 0 aliphatic rings. The fraction of sp³-hybridized carbons (Fsp3) is 0.0909. The first-order valence-electron chi connectivity index (χ1n) is 9.22. The van der Waals surface area contributed by atoms with E-state index in [-0.39, 0.29) is 17.4 Å². The molecule has 0 saturated carbocycles. The number of thioether (sulfide) groups is 1. The zero-order valence-electron chi connectivity index (χ0n) is 16.3. The second kappa shape index (κ2) is 8.65. The summed E-state index contributed by atoms with van der Waals surface area (Å²) in [4.78, 5) is 33.9. The average molecular weight is 438 g/mol. The van der Waals surface area contributed by atoms with Crippen LogP contribution in [0.1, 0.15) is 16.2 Å². The predicted octanol–water partition coefficient (Wildman–Crippen LogP) is 4.21. The Morgan fingerprint density at radius 1 is 1.10 bits per heavy atom. The molecule has 2 heterocycles. The number of carbonyl (C=O) groups excluding carboxylic acids is 2. The van der Waals surface area contributed by atoms with Crippen LogP contribution < -0.4 is 5.32 Å². The molecule has 1 N–H and O–H groups in total. The Morgan fingerprint density at radius 3 is 2.55 bits per heavy atom. The van der Waals surface area contributed by atoms with Gasteiger partial charge in [-0.1, -0.05) is 36.0 Å². The van der Waals surface area contributed by atoms with Gasteiger partial charge in [0, 0.05) is 30.4 Å². The van der Waals surface area contributed by atoms with E-state index in [4.69, 9.17) is 0 Å². The number of ketones is 1. The third-order valence-electron chi connectivity index (χ3n) is 4.54. The van der Waals surface area contributed by atoms with Gasteiger partial charge in [0.25, 0.3) is 0 Å². The lowest BCUT2D eigenvalue weighted by molar-refractivity contribution is -0.113. The van der Waals surface area contributed by atoms with E-state index in [9.17, 15) is 18.4 Å². The molecule has 0 aliphatic carbocycles. The highest BCUT2D eigenvalue weighted by molar-refractivity contribution is 7.99. The van der Waals surface area contributed by atoms with Gasteiger partial charge in [0.05, 0.1) is 16.3 Å². The number of fused-ring (bicyclic) bond motifs is 1. The van der Waals surface area contributed by atoms with Gasteiger partial charge in [0.2, 0.25) is 11.7 Å². The summed E-state index contributed by atoms with van der Waals surface area (Å²) in [5, 5.41) is 3.33. The number of aryl methyl sites for hydroxylation is 1. The maximum absolute atomic E-state index is 13.7. The number of benzene rings is 2. The summed E-state index contributed by atoms with van der Waals surface area (Å²) >= 11 is 1.06. The first-order valence-corrected chi connectivity index (χ1v) is 10.2. The average Bonchev–Trinajstić information content (AvgIpc) is 3.19. The third kappa shape index (κ3) is 4.31. The lowest BCUT2D eigenvalue weighted by Gasteiger charge is -2.10. The molecule has 0 fully saturated rings. The Bertz CT molecular complexity index is 1290. The number of para-hydroxylation sites is 2. The predicted molar refractivity (Wildman–Crippen MR) is 114 cm³/mol. The fourth-order valence-corrected chi connectivity index (χ4v) is 3.77. The zero-order valence-corrected chi connectivity index (χ0v) is 17.1. The Kier molecular flexibility index (Phi) is 5.77. The molecule has 0 unspecified atom stereocenters. The molecule has 2 aromatic carbocycles. The Balaban J connectivity index is 1.59. The second-order valence-corrected chi connectivity index (χ2v) is 7.65. The molecule has 1 amide bonds.